The van der Waals surface area contributed by atoms with Crippen molar-refractivity contribution in [1.82, 2.24) is 4.72 Å². The number of benzene rings is 1. The SMILES string of the molecule is O=C(O)CO[C@H]1CCOC[C@H]1NS(=O)(=O)/C=C/c1ccccc1. The van der Waals surface area contributed by atoms with Gasteiger partial charge in [0.25, 0.3) is 0 Å². The molecule has 8 heteroatoms. The normalized spacial score (nSPS) is 22.3. The summed E-state index contributed by atoms with van der Waals surface area (Å²) < 4.78 is 37.2. The molecule has 1 aromatic carbocycles. The lowest BCUT2D eigenvalue weighted by molar-refractivity contribution is -0.147. The van der Waals surface area contributed by atoms with Gasteiger partial charge in [-0.3, -0.25) is 0 Å². The molecule has 0 aliphatic carbocycles. The Kier molecular flexibility index (Phi) is 6.28. The number of carboxylic acids is 1. The predicted molar refractivity (Wildman–Crippen MR) is 84.1 cm³/mol. The number of ether oxygens (including phenoxy) is 2. The average molecular weight is 341 g/mol. The van der Waals surface area contributed by atoms with Crippen molar-refractivity contribution in [2.75, 3.05) is 19.8 Å². The predicted octanol–water partition coefficient (Wildman–Crippen LogP) is 0.835. The first-order valence-electron chi connectivity index (χ1n) is 7.13. The molecule has 1 aliphatic rings. The van der Waals surface area contributed by atoms with E-state index < -0.39 is 34.7 Å². The lowest BCUT2D eigenvalue weighted by Gasteiger charge is -2.31. The van der Waals surface area contributed by atoms with E-state index in [1.165, 1.54) is 6.08 Å². The third-order valence-corrected chi connectivity index (χ3v) is 4.39. The Bertz CT molecular complexity index is 643. The Balaban J connectivity index is 1.99. The molecule has 2 rings (SSSR count). The molecule has 1 fully saturated rings. The number of carbonyl (C=O) groups is 1. The molecule has 2 N–H and O–H groups in total. The van der Waals surface area contributed by atoms with Gasteiger partial charge in [0, 0.05) is 12.0 Å². The second kappa shape index (κ2) is 8.21. The summed E-state index contributed by atoms with van der Waals surface area (Å²) in [6.45, 7) is 0.0772. The molecule has 0 aromatic heterocycles. The number of sulfonamides is 1. The minimum atomic E-state index is -3.69. The van der Waals surface area contributed by atoms with Crippen LogP contribution in [0.3, 0.4) is 0 Å². The Hall–Kier alpha value is -1.74. The van der Waals surface area contributed by atoms with Crippen LogP contribution >= 0.6 is 0 Å². The van der Waals surface area contributed by atoms with Crippen LogP contribution in [0.1, 0.15) is 12.0 Å². The zero-order valence-corrected chi connectivity index (χ0v) is 13.2. The summed E-state index contributed by atoms with van der Waals surface area (Å²) in [6.07, 6.45) is 1.39. The van der Waals surface area contributed by atoms with Gasteiger partial charge in [-0.2, -0.15) is 0 Å². The second-order valence-corrected chi connectivity index (χ2v) is 6.69. The fourth-order valence-corrected chi connectivity index (χ4v) is 3.25. The van der Waals surface area contributed by atoms with Gasteiger partial charge in [-0.25, -0.2) is 17.9 Å². The van der Waals surface area contributed by atoms with Gasteiger partial charge >= 0.3 is 5.97 Å². The quantitative estimate of drug-likeness (QED) is 0.762. The molecular weight excluding hydrogens is 322 g/mol. The molecule has 0 spiro atoms. The average Bonchev–Trinajstić information content (AvgIpc) is 2.53. The second-order valence-electron chi connectivity index (χ2n) is 5.09. The van der Waals surface area contributed by atoms with Crippen molar-refractivity contribution >= 4 is 22.1 Å². The van der Waals surface area contributed by atoms with Crippen LogP contribution in [0.15, 0.2) is 35.7 Å². The molecule has 1 aliphatic heterocycles. The third kappa shape index (κ3) is 6.11. The molecule has 1 heterocycles. The molecule has 0 saturated carbocycles. The summed E-state index contributed by atoms with van der Waals surface area (Å²) in [5.41, 5.74) is 0.761. The van der Waals surface area contributed by atoms with Crippen LogP contribution in [0, 0.1) is 0 Å². The highest BCUT2D eigenvalue weighted by atomic mass is 32.2. The van der Waals surface area contributed by atoms with Crippen molar-refractivity contribution in [2.45, 2.75) is 18.6 Å². The van der Waals surface area contributed by atoms with E-state index in [4.69, 9.17) is 14.6 Å². The zero-order valence-electron chi connectivity index (χ0n) is 12.4. The number of nitrogens with one attached hydrogen (secondary N) is 1. The van der Waals surface area contributed by atoms with Crippen LogP contribution in [0.4, 0.5) is 0 Å². The highest BCUT2D eigenvalue weighted by Crippen LogP contribution is 2.13. The topological polar surface area (TPSA) is 102 Å². The molecule has 0 unspecified atom stereocenters. The van der Waals surface area contributed by atoms with Gasteiger partial charge < -0.3 is 14.6 Å². The summed E-state index contributed by atoms with van der Waals surface area (Å²) in [5.74, 6) is -1.10. The standard InChI is InChI=1S/C15H19NO6S/c17-15(18)11-22-14-6-8-21-10-13(14)16-23(19,20)9-7-12-4-2-1-3-5-12/h1-5,7,9,13-14,16H,6,8,10-11H2,(H,17,18)/b9-7+/t13-,14+/m1/s1. The maximum Gasteiger partial charge on any atom is 0.329 e. The molecule has 0 bridgehead atoms. The third-order valence-electron chi connectivity index (χ3n) is 3.27. The molecule has 1 saturated heterocycles. The minimum absolute atomic E-state index is 0.142. The first-order chi connectivity index (χ1) is 11.0. The molecule has 0 amide bonds. The number of carboxylic acid groups (broad SMARTS) is 1. The maximum atomic E-state index is 12.1. The highest BCUT2D eigenvalue weighted by molar-refractivity contribution is 7.92. The summed E-state index contributed by atoms with van der Waals surface area (Å²) in [5, 5.41) is 9.74. The first kappa shape index (κ1) is 17.6. The molecular formula is C15H19NO6S. The maximum absolute atomic E-state index is 12.1. The van der Waals surface area contributed by atoms with E-state index in [2.05, 4.69) is 4.72 Å². The molecule has 126 valence electrons. The molecule has 7 nitrogen and oxygen atoms in total. The first-order valence-corrected chi connectivity index (χ1v) is 8.67. The molecule has 2 atom stereocenters. The fraction of sp³-hybridized carbons (Fsp3) is 0.400. The smallest absolute Gasteiger partial charge is 0.329 e. The van der Waals surface area contributed by atoms with Gasteiger partial charge in [0.15, 0.2) is 0 Å². The number of hydrogen-bond donors (Lipinski definition) is 2. The molecule has 1 aromatic rings. The number of aliphatic carboxylic acids is 1. The van der Waals surface area contributed by atoms with Crippen molar-refractivity contribution in [2.24, 2.45) is 0 Å². The van der Waals surface area contributed by atoms with E-state index in [1.54, 1.807) is 12.1 Å². The van der Waals surface area contributed by atoms with Crippen molar-refractivity contribution in [3.63, 3.8) is 0 Å². The lowest BCUT2D eigenvalue weighted by atomic mass is 10.1. The van der Waals surface area contributed by atoms with Crippen LogP contribution in [-0.4, -0.2) is 51.5 Å². The van der Waals surface area contributed by atoms with Crippen LogP contribution in [0.2, 0.25) is 0 Å². The van der Waals surface area contributed by atoms with Gasteiger partial charge in [-0.15, -0.1) is 0 Å². The van der Waals surface area contributed by atoms with Crippen molar-refractivity contribution in [3.8, 4) is 0 Å². The van der Waals surface area contributed by atoms with Crippen LogP contribution in [0.5, 0.6) is 0 Å². The molecule has 23 heavy (non-hydrogen) atoms. The van der Waals surface area contributed by atoms with E-state index in [0.717, 1.165) is 11.0 Å². The van der Waals surface area contributed by atoms with Gasteiger partial charge in [-0.05, 0) is 18.1 Å². The summed E-state index contributed by atoms with van der Waals surface area (Å²) in [7, 11) is -3.69. The zero-order chi connectivity index (χ0) is 16.7. The number of rotatable bonds is 7. The number of hydrogen-bond acceptors (Lipinski definition) is 5. The van der Waals surface area contributed by atoms with E-state index in [9.17, 15) is 13.2 Å². The van der Waals surface area contributed by atoms with Crippen molar-refractivity contribution in [1.29, 1.82) is 0 Å². The Morgan fingerprint density at radius 3 is 2.83 bits per heavy atom. The monoisotopic (exact) mass is 341 g/mol. The Morgan fingerprint density at radius 1 is 1.39 bits per heavy atom. The fourth-order valence-electron chi connectivity index (χ4n) is 2.19. The highest BCUT2D eigenvalue weighted by Gasteiger charge is 2.29. The summed E-state index contributed by atoms with van der Waals surface area (Å²) in [4.78, 5) is 10.6. The lowest BCUT2D eigenvalue weighted by Crippen LogP contribution is -2.50. The van der Waals surface area contributed by atoms with Crippen molar-refractivity contribution < 1.29 is 27.8 Å². The Morgan fingerprint density at radius 2 is 2.13 bits per heavy atom. The van der Waals surface area contributed by atoms with Gasteiger partial charge in [0.05, 0.1) is 18.8 Å². The van der Waals surface area contributed by atoms with E-state index in [-0.39, 0.29) is 6.61 Å². The minimum Gasteiger partial charge on any atom is -0.480 e. The van der Waals surface area contributed by atoms with Gasteiger partial charge in [-0.1, -0.05) is 30.3 Å². The van der Waals surface area contributed by atoms with Crippen LogP contribution in [0.25, 0.3) is 6.08 Å². The van der Waals surface area contributed by atoms with Gasteiger partial charge in [0.1, 0.15) is 6.61 Å². The van der Waals surface area contributed by atoms with Gasteiger partial charge in [0.2, 0.25) is 10.0 Å². The van der Waals surface area contributed by atoms with E-state index >= 15 is 0 Å². The van der Waals surface area contributed by atoms with Crippen LogP contribution in [-0.2, 0) is 24.3 Å². The van der Waals surface area contributed by atoms with Crippen LogP contribution < -0.4 is 4.72 Å². The van der Waals surface area contributed by atoms with E-state index in [0.29, 0.717) is 13.0 Å². The summed E-state index contributed by atoms with van der Waals surface area (Å²) in [6, 6.07) is 8.42. The van der Waals surface area contributed by atoms with Crippen molar-refractivity contribution in [3.05, 3.63) is 41.3 Å². The van der Waals surface area contributed by atoms with E-state index in [1.807, 2.05) is 18.2 Å². The molecule has 0 radical (unpaired) electrons. The Labute approximate surface area is 135 Å². The largest absolute Gasteiger partial charge is 0.480 e. The summed E-state index contributed by atoms with van der Waals surface area (Å²) >= 11 is 0.